The molecule has 3 aromatic rings. The van der Waals surface area contributed by atoms with Crippen LogP contribution < -0.4 is 20.3 Å². The van der Waals surface area contributed by atoms with E-state index in [9.17, 15) is 9.59 Å². The Morgan fingerprint density at radius 3 is 2.97 bits per heavy atom. The van der Waals surface area contributed by atoms with E-state index in [1.165, 1.54) is 28.6 Å². The molecule has 0 bridgehead atoms. The Morgan fingerprint density at radius 2 is 2.10 bits per heavy atom. The van der Waals surface area contributed by atoms with Gasteiger partial charge in [0.05, 0.1) is 10.6 Å². The quantitative estimate of drug-likeness (QED) is 0.467. The van der Waals surface area contributed by atoms with Gasteiger partial charge in [0.25, 0.3) is 5.56 Å². The summed E-state index contributed by atoms with van der Waals surface area (Å²) < 4.78 is 12.3. The molecule has 2 aromatic heterocycles. The zero-order chi connectivity index (χ0) is 21.5. The van der Waals surface area contributed by atoms with E-state index in [2.05, 4.69) is 5.32 Å². The van der Waals surface area contributed by atoms with Crippen molar-refractivity contribution in [3.05, 3.63) is 44.6 Å². The van der Waals surface area contributed by atoms with Crippen LogP contribution in [0.4, 0.5) is 0 Å². The molecule has 1 N–H and O–H groups in total. The SMILES string of the molecule is CC(Sc1nc2sc3c(c2c(=O)n1C)CCCC3)C(=O)NCc1ccc2c(c1)OCO2. The molecule has 0 spiro atoms. The fraction of sp³-hybridized carbons (Fsp3) is 0.409. The summed E-state index contributed by atoms with van der Waals surface area (Å²) in [6, 6.07) is 5.62. The first-order valence-electron chi connectivity index (χ1n) is 10.4. The molecule has 1 amide bonds. The molecule has 1 unspecified atom stereocenters. The number of nitrogens with one attached hydrogen (secondary N) is 1. The molecule has 3 heterocycles. The van der Waals surface area contributed by atoms with Crippen LogP contribution in [0.1, 0.15) is 35.8 Å². The summed E-state index contributed by atoms with van der Waals surface area (Å²) in [6.07, 6.45) is 4.28. The van der Waals surface area contributed by atoms with Crippen molar-refractivity contribution < 1.29 is 14.3 Å². The molecule has 5 rings (SSSR count). The third-order valence-electron chi connectivity index (χ3n) is 5.71. The maximum Gasteiger partial charge on any atom is 0.262 e. The predicted molar refractivity (Wildman–Crippen MR) is 121 cm³/mol. The average molecular weight is 458 g/mol. The highest BCUT2D eigenvalue weighted by molar-refractivity contribution is 8.00. The third kappa shape index (κ3) is 3.80. The molecule has 31 heavy (non-hydrogen) atoms. The largest absolute Gasteiger partial charge is 0.454 e. The lowest BCUT2D eigenvalue weighted by molar-refractivity contribution is -0.120. The van der Waals surface area contributed by atoms with Crippen LogP contribution in [0.5, 0.6) is 11.5 Å². The van der Waals surface area contributed by atoms with Crippen LogP contribution in [-0.2, 0) is 31.2 Å². The van der Waals surface area contributed by atoms with Crippen LogP contribution in [0.3, 0.4) is 0 Å². The number of fused-ring (bicyclic) bond motifs is 4. The lowest BCUT2D eigenvalue weighted by atomic mass is 9.97. The Morgan fingerprint density at radius 1 is 1.29 bits per heavy atom. The van der Waals surface area contributed by atoms with Gasteiger partial charge in [-0.25, -0.2) is 4.98 Å². The van der Waals surface area contributed by atoms with Gasteiger partial charge in [-0.15, -0.1) is 11.3 Å². The lowest BCUT2D eigenvalue weighted by Gasteiger charge is -2.14. The fourth-order valence-electron chi connectivity index (χ4n) is 3.97. The van der Waals surface area contributed by atoms with Crippen LogP contribution >= 0.6 is 23.1 Å². The van der Waals surface area contributed by atoms with Gasteiger partial charge in [0, 0.05) is 18.5 Å². The molecule has 2 aliphatic rings. The van der Waals surface area contributed by atoms with Gasteiger partial charge in [-0.2, -0.15) is 0 Å². The molecule has 1 aliphatic heterocycles. The lowest BCUT2D eigenvalue weighted by Crippen LogP contribution is -2.31. The van der Waals surface area contributed by atoms with Crippen LogP contribution in [0.15, 0.2) is 28.2 Å². The number of aromatic nitrogens is 2. The number of amides is 1. The van der Waals surface area contributed by atoms with E-state index in [1.54, 1.807) is 23.0 Å². The number of aryl methyl sites for hydroxylation is 2. The predicted octanol–water partition coefficient (Wildman–Crippen LogP) is 3.40. The van der Waals surface area contributed by atoms with Gasteiger partial charge in [-0.1, -0.05) is 17.8 Å². The maximum atomic E-state index is 13.0. The number of carbonyl (C=O) groups is 1. The summed E-state index contributed by atoms with van der Waals surface area (Å²) in [6.45, 7) is 2.45. The zero-order valence-corrected chi connectivity index (χ0v) is 19.0. The van der Waals surface area contributed by atoms with Gasteiger partial charge >= 0.3 is 0 Å². The Hall–Kier alpha value is -2.52. The minimum absolute atomic E-state index is 0.0140. The van der Waals surface area contributed by atoms with Crippen LogP contribution in [0, 0.1) is 0 Å². The number of hydrogen-bond acceptors (Lipinski definition) is 7. The molecule has 7 nitrogen and oxygen atoms in total. The molecular formula is C22H23N3O4S2. The monoisotopic (exact) mass is 457 g/mol. The van der Waals surface area contributed by atoms with Crippen molar-refractivity contribution >= 4 is 39.2 Å². The topological polar surface area (TPSA) is 82.5 Å². The average Bonchev–Trinajstić information content (AvgIpc) is 3.39. The second-order valence-electron chi connectivity index (χ2n) is 7.82. The highest BCUT2D eigenvalue weighted by Crippen LogP contribution is 2.35. The third-order valence-corrected chi connectivity index (χ3v) is 8.04. The number of thiophene rings is 1. The second kappa shape index (κ2) is 8.20. The number of carbonyl (C=O) groups excluding carboxylic acids is 1. The van der Waals surface area contributed by atoms with Gasteiger partial charge in [0.2, 0.25) is 12.7 Å². The summed E-state index contributed by atoms with van der Waals surface area (Å²) in [5, 5.41) is 3.90. The standard InChI is InChI=1S/C22H23N3O4S2/c1-12(19(26)23-10-13-7-8-15-16(9-13)29-11-28-15)30-22-24-20-18(21(27)25(22)2)14-5-3-4-6-17(14)31-20/h7-9,12H,3-6,10-11H2,1-2H3,(H,23,26). The normalized spacial score (nSPS) is 15.7. The number of thioether (sulfide) groups is 1. The smallest absolute Gasteiger partial charge is 0.262 e. The van der Waals surface area contributed by atoms with E-state index in [1.807, 2.05) is 25.1 Å². The number of nitrogens with zero attached hydrogens (tertiary/aromatic N) is 2. The van der Waals surface area contributed by atoms with Crippen molar-refractivity contribution in [2.45, 2.75) is 49.6 Å². The number of benzene rings is 1. The van der Waals surface area contributed by atoms with Gasteiger partial charge < -0.3 is 14.8 Å². The van der Waals surface area contributed by atoms with Crippen LogP contribution in [0.25, 0.3) is 10.2 Å². The molecule has 9 heteroatoms. The van der Waals surface area contributed by atoms with E-state index in [0.717, 1.165) is 40.8 Å². The first kappa shape index (κ1) is 20.4. The second-order valence-corrected chi connectivity index (χ2v) is 10.2. The van der Waals surface area contributed by atoms with Crippen molar-refractivity contribution in [1.29, 1.82) is 0 Å². The summed E-state index contributed by atoms with van der Waals surface area (Å²) in [4.78, 5) is 32.5. The van der Waals surface area contributed by atoms with E-state index < -0.39 is 0 Å². The Bertz CT molecular complexity index is 1230. The van der Waals surface area contributed by atoms with Gasteiger partial charge in [0.1, 0.15) is 4.83 Å². The summed E-state index contributed by atoms with van der Waals surface area (Å²) in [5.74, 6) is 1.31. The number of hydrogen-bond donors (Lipinski definition) is 1. The first-order chi connectivity index (χ1) is 15.0. The molecule has 0 radical (unpaired) electrons. The van der Waals surface area contributed by atoms with E-state index in [4.69, 9.17) is 14.5 Å². The highest BCUT2D eigenvalue weighted by Gasteiger charge is 2.23. The molecule has 1 aromatic carbocycles. The van der Waals surface area contributed by atoms with E-state index in [0.29, 0.717) is 17.5 Å². The Labute approximate surface area is 187 Å². The highest BCUT2D eigenvalue weighted by atomic mass is 32.2. The van der Waals surface area contributed by atoms with Crippen molar-refractivity contribution in [2.24, 2.45) is 7.05 Å². The molecular weight excluding hydrogens is 434 g/mol. The molecule has 0 fully saturated rings. The van der Waals surface area contributed by atoms with Crippen molar-refractivity contribution in [3.63, 3.8) is 0 Å². The van der Waals surface area contributed by atoms with E-state index in [-0.39, 0.29) is 23.5 Å². The fourth-order valence-corrected chi connectivity index (χ4v) is 6.17. The van der Waals surface area contributed by atoms with Gasteiger partial charge in [0.15, 0.2) is 16.7 Å². The molecule has 1 atom stereocenters. The minimum atomic E-state index is -0.390. The van der Waals surface area contributed by atoms with Crippen molar-refractivity contribution in [3.8, 4) is 11.5 Å². The number of rotatable bonds is 5. The maximum absolute atomic E-state index is 13.0. The van der Waals surface area contributed by atoms with Crippen molar-refractivity contribution in [2.75, 3.05) is 6.79 Å². The van der Waals surface area contributed by atoms with Crippen molar-refractivity contribution in [1.82, 2.24) is 14.9 Å². The summed E-state index contributed by atoms with van der Waals surface area (Å²) in [7, 11) is 1.74. The molecule has 162 valence electrons. The summed E-state index contributed by atoms with van der Waals surface area (Å²) >= 11 is 2.94. The van der Waals surface area contributed by atoms with Crippen LogP contribution in [-0.4, -0.2) is 27.5 Å². The van der Waals surface area contributed by atoms with Gasteiger partial charge in [-0.05, 0) is 55.9 Å². The molecule has 1 aliphatic carbocycles. The van der Waals surface area contributed by atoms with Crippen LogP contribution in [0.2, 0.25) is 0 Å². The first-order valence-corrected chi connectivity index (χ1v) is 12.0. The Balaban J connectivity index is 1.30. The zero-order valence-electron chi connectivity index (χ0n) is 17.4. The van der Waals surface area contributed by atoms with E-state index >= 15 is 0 Å². The minimum Gasteiger partial charge on any atom is -0.454 e. The van der Waals surface area contributed by atoms with Gasteiger partial charge in [-0.3, -0.25) is 14.2 Å². The molecule has 0 saturated heterocycles. The summed E-state index contributed by atoms with van der Waals surface area (Å²) in [5.41, 5.74) is 2.11. The Kier molecular flexibility index (Phi) is 5.39. The number of ether oxygens (including phenoxy) is 2. The molecule has 0 saturated carbocycles.